The monoisotopic (exact) mass is 720 g/mol. The van der Waals surface area contributed by atoms with Crippen LogP contribution >= 0.6 is 45.3 Å². The Morgan fingerprint density at radius 2 is 0.917 bits per heavy atom. The molecule has 4 aromatic rings. The molecule has 0 spiro atoms. The molecule has 4 aromatic heterocycles. The lowest BCUT2D eigenvalue weighted by Crippen LogP contribution is -2.22. The smallest absolute Gasteiger partial charge is 0.197 e. The standard InChI is InChI=1S/C42H56O2S4/c1-5-9-13-15-21-29(19-11-7-3)27-33-35-36(34(47-33)28-30(20-12-8-4)22-16-14-10-6-2)40(44)38-37(39(35)43)41(31-23-17-25-45-31)48-42(38)32-24-18-26-46-32/h17-18,23-26,29-30H,5-16,19-22,27-28H2,1-4H3. The van der Waals surface area contributed by atoms with Crippen LogP contribution in [-0.2, 0) is 12.8 Å². The summed E-state index contributed by atoms with van der Waals surface area (Å²) >= 11 is 6.82. The topological polar surface area (TPSA) is 34.1 Å². The lowest BCUT2D eigenvalue weighted by Gasteiger charge is -2.20. The van der Waals surface area contributed by atoms with Crippen molar-refractivity contribution in [2.24, 2.45) is 11.8 Å². The maximum absolute atomic E-state index is 15.1. The summed E-state index contributed by atoms with van der Waals surface area (Å²) in [5.41, 5.74) is 2.89. The summed E-state index contributed by atoms with van der Waals surface area (Å²) in [6.45, 7) is 9.13. The van der Waals surface area contributed by atoms with Crippen molar-refractivity contribution in [2.75, 3.05) is 0 Å². The number of ketones is 2. The Morgan fingerprint density at radius 1 is 0.500 bits per heavy atom. The van der Waals surface area contributed by atoms with Crippen molar-refractivity contribution < 1.29 is 9.59 Å². The van der Waals surface area contributed by atoms with Gasteiger partial charge < -0.3 is 0 Å². The van der Waals surface area contributed by atoms with Crippen molar-refractivity contribution in [1.82, 2.24) is 0 Å². The Balaban J connectivity index is 1.60. The molecule has 0 amide bonds. The van der Waals surface area contributed by atoms with Gasteiger partial charge in [0.1, 0.15) is 0 Å². The van der Waals surface area contributed by atoms with Gasteiger partial charge in [0.15, 0.2) is 11.6 Å². The van der Waals surface area contributed by atoms with Gasteiger partial charge in [-0.3, -0.25) is 9.59 Å². The van der Waals surface area contributed by atoms with Gasteiger partial charge >= 0.3 is 0 Å². The average Bonchev–Trinajstić information content (AvgIpc) is 3.91. The van der Waals surface area contributed by atoms with E-state index in [0.29, 0.717) is 23.0 Å². The van der Waals surface area contributed by atoms with Crippen molar-refractivity contribution in [3.8, 4) is 19.5 Å². The minimum absolute atomic E-state index is 0.104. The van der Waals surface area contributed by atoms with Crippen LogP contribution in [-0.4, -0.2) is 11.6 Å². The number of rotatable bonds is 22. The van der Waals surface area contributed by atoms with Crippen LogP contribution < -0.4 is 0 Å². The fourth-order valence-electron chi connectivity index (χ4n) is 7.50. The van der Waals surface area contributed by atoms with Gasteiger partial charge in [0.2, 0.25) is 0 Å². The average molecular weight is 721 g/mol. The molecule has 0 saturated heterocycles. The molecule has 1 aliphatic rings. The number of hydrogen-bond donors (Lipinski definition) is 0. The van der Waals surface area contributed by atoms with Crippen molar-refractivity contribution >= 4 is 56.9 Å². The summed E-state index contributed by atoms with van der Waals surface area (Å²) in [5.74, 6) is 1.33. The third-order valence-corrected chi connectivity index (χ3v) is 14.7. The number of unbranched alkanes of at least 4 members (excludes halogenated alkanes) is 8. The summed E-state index contributed by atoms with van der Waals surface area (Å²) in [7, 11) is 0. The van der Waals surface area contributed by atoms with E-state index >= 15 is 9.59 Å². The van der Waals surface area contributed by atoms with Crippen LogP contribution in [0.1, 0.15) is 172 Å². The largest absolute Gasteiger partial charge is 0.288 e. The Bertz CT molecular complexity index is 1460. The summed E-state index contributed by atoms with van der Waals surface area (Å²) in [6.07, 6.45) is 21.7. The van der Waals surface area contributed by atoms with Crippen molar-refractivity contribution in [3.63, 3.8) is 0 Å². The van der Waals surface area contributed by atoms with Crippen LogP contribution in [0.15, 0.2) is 35.0 Å². The van der Waals surface area contributed by atoms with Crippen LogP contribution in [0.25, 0.3) is 19.5 Å². The van der Waals surface area contributed by atoms with E-state index in [9.17, 15) is 0 Å². The van der Waals surface area contributed by atoms with Gasteiger partial charge in [-0.15, -0.1) is 45.3 Å². The second kappa shape index (κ2) is 18.9. The van der Waals surface area contributed by atoms with Crippen molar-refractivity contribution in [1.29, 1.82) is 0 Å². The molecule has 2 atom stereocenters. The highest BCUT2D eigenvalue weighted by molar-refractivity contribution is 7.26. The highest BCUT2D eigenvalue weighted by Crippen LogP contribution is 2.51. The van der Waals surface area contributed by atoms with E-state index in [1.807, 2.05) is 11.3 Å². The molecule has 0 bridgehead atoms. The van der Waals surface area contributed by atoms with E-state index in [0.717, 1.165) is 43.5 Å². The molecule has 0 aliphatic heterocycles. The lowest BCUT2D eigenvalue weighted by atomic mass is 9.80. The van der Waals surface area contributed by atoms with Gasteiger partial charge in [-0.25, -0.2) is 0 Å². The predicted octanol–water partition coefficient (Wildman–Crippen LogP) is 14.7. The zero-order valence-corrected chi connectivity index (χ0v) is 33.1. The highest BCUT2D eigenvalue weighted by Gasteiger charge is 2.42. The number of carbonyl (C=O) groups is 2. The maximum atomic E-state index is 15.1. The normalized spacial score (nSPS) is 14.0. The van der Waals surface area contributed by atoms with Crippen LogP contribution in [0.5, 0.6) is 0 Å². The minimum Gasteiger partial charge on any atom is -0.288 e. The number of carbonyl (C=O) groups excluding carboxylic acids is 2. The van der Waals surface area contributed by atoms with Gasteiger partial charge in [-0.2, -0.15) is 0 Å². The van der Waals surface area contributed by atoms with Crippen LogP contribution in [0.3, 0.4) is 0 Å². The Kier molecular flexibility index (Phi) is 14.8. The third kappa shape index (κ3) is 8.89. The first-order valence-corrected chi connectivity index (χ1v) is 22.4. The summed E-state index contributed by atoms with van der Waals surface area (Å²) in [4.78, 5) is 36.6. The first kappa shape index (κ1) is 37.4. The summed E-state index contributed by atoms with van der Waals surface area (Å²) in [5, 5.41) is 4.16. The predicted molar refractivity (Wildman–Crippen MR) is 213 cm³/mol. The molecule has 260 valence electrons. The quantitative estimate of drug-likeness (QED) is 0.0667. The molecule has 48 heavy (non-hydrogen) atoms. The van der Waals surface area contributed by atoms with E-state index < -0.39 is 0 Å². The minimum atomic E-state index is 0.104. The van der Waals surface area contributed by atoms with Crippen LogP contribution in [0, 0.1) is 11.8 Å². The second-order valence-electron chi connectivity index (χ2n) is 13.9. The van der Waals surface area contributed by atoms with E-state index in [1.54, 1.807) is 34.0 Å². The zero-order valence-electron chi connectivity index (χ0n) is 29.8. The Morgan fingerprint density at radius 3 is 1.29 bits per heavy atom. The van der Waals surface area contributed by atoms with Crippen LogP contribution in [0.4, 0.5) is 0 Å². The SMILES string of the molecule is CCCCCCC(CCCC)Cc1sc(CC(CCCC)CCCCCC)c2c1C(=O)c1c(-c3cccs3)sc(-c3cccs3)c1C2=O. The highest BCUT2D eigenvalue weighted by atomic mass is 32.1. The molecule has 2 nitrogen and oxygen atoms in total. The Labute approximate surface area is 306 Å². The Hall–Kier alpha value is -1.86. The first-order chi connectivity index (χ1) is 23.5. The molecule has 0 radical (unpaired) electrons. The van der Waals surface area contributed by atoms with Crippen molar-refractivity contribution in [2.45, 2.75) is 143 Å². The zero-order chi connectivity index (χ0) is 33.9. The lowest BCUT2D eigenvalue weighted by molar-refractivity contribution is 0.0980. The number of hydrogen-bond acceptors (Lipinski definition) is 6. The summed E-state index contributed by atoms with van der Waals surface area (Å²) in [6, 6.07) is 8.32. The molecule has 0 saturated carbocycles. The van der Waals surface area contributed by atoms with Crippen molar-refractivity contribution in [3.05, 3.63) is 67.0 Å². The first-order valence-electron chi connectivity index (χ1n) is 19.0. The van der Waals surface area contributed by atoms with Gasteiger partial charge in [-0.05, 0) is 47.6 Å². The molecular weight excluding hydrogens is 665 g/mol. The molecule has 5 rings (SSSR count). The van der Waals surface area contributed by atoms with E-state index in [1.165, 1.54) is 112 Å². The molecular formula is C42H56O2S4. The fraction of sp³-hybridized carbons (Fsp3) is 0.571. The number of fused-ring (bicyclic) bond motifs is 2. The van der Waals surface area contributed by atoms with Gasteiger partial charge in [0.05, 0.1) is 20.9 Å². The second-order valence-corrected chi connectivity index (χ2v) is 18.1. The molecule has 0 aromatic carbocycles. The molecule has 6 heteroatoms. The third-order valence-electron chi connectivity index (χ3n) is 10.2. The van der Waals surface area contributed by atoms with E-state index in [4.69, 9.17) is 0 Å². The molecule has 0 N–H and O–H groups in total. The maximum Gasteiger partial charge on any atom is 0.197 e. The molecule has 2 unspecified atom stereocenters. The van der Waals surface area contributed by atoms with E-state index in [2.05, 4.69) is 62.7 Å². The van der Waals surface area contributed by atoms with Gasteiger partial charge in [0.25, 0.3) is 0 Å². The fourth-order valence-corrected chi connectivity index (χ4v) is 12.0. The van der Waals surface area contributed by atoms with Gasteiger partial charge in [0, 0.05) is 30.6 Å². The number of thiophene rings is 4. The van der Waals surface area contributed by atoms with E-state index in [-0.39, 0.29) is 11.6 Å². The summed E-state index contributed by atoms with van der Waals surface area (Å²) < 4.78 is 0. The molecule has 0 fully saturated rings. The van der Waals surface area contributed by atoms with Crippen LogP contribution in [0.2, 0.25) is 0 Å². The van der Waals surface area contributed by atoms with Gasteiger partial charge in [-0.1, -0.05) is 143 Å². The molecule has 1 aliphatic carbocycles. The molecule has 4 heterocycles.